The number of nitrogens with zero attached hydrogens (tertiary/aromatic N) is 3. The van der Waals surface area contributed by atoms with Gasteiger partial charge in [-0.2, -0.15) is 5.10 Å². The van der Waals surface area contributed by atoms with Crippen LogP contribution in [0.4, 0.5) is 5.82 Å². The van der Waals surface area contributed by atoms with Gasteiger partial charge in [-0.05, 0) is 42.7 Å². The molecular weight excluding hydrogens is 394 g/mol. The van der Waals surface area contributed by atoms with Crippen molar-refractivity contribution in [2.75, 3.05) is 25.9 Å². The minimum absolute atomic E-state index is 0.0173. The first-order valence-corrected chi connectivity index (χ1v) is 10.5. The molecular formula is C23H29N5O3. The molecule has 1 aliphatic heterocycles. The van der Waals surface area contributed by atoms with Crippen molar-refractivity contribution in [1.82, 2.24) is 14.7 Å². The quantitative estimate of drug-likeness (QED) is 0.693. The van der Waals surface area contributed by atoms with Crippen LogP contribution in [0.15, 0.2) is 36.9 Å². The number of likely N-dealkylation sites (tertiary alicyclic amines) is 1. The van der Waals surface area contributed by atoms with Crippen LogP contribution >= 0.6 is 0 Å². The molecule has 1 spiro atoms. The Morgan fingerprint density at radius 3 is 2.65 bits per heavy atom. The number of hydrogen-bond acceptors (Lipinski definition) is 5. The van der Waals surface area contributed by atoms with Crippen LogP contribution in [-0.4, -0.2) is 46.7 Å². The second-order valence-corrected chi connectivity index (χ2v) is 8.68. The minimum atomic E-state index is -0.589. The number of piperidine rings is 1. The molecule has 2 heterocycles. The Bertz CT molecular complexity index is 1000. The first kappa shape index (κ1) is 21.1. The maximum atomic E-state index is 12.2. The van der Waals surface area contributed by atoms with Gasteiger partial charge in [-0.25, -0.2) is 4.68 Å². The lowest BCUT2D eigenvalue weighted by Crippen LogP contribution is -2.52. The van der Waals surface area contributed by atoms with Gasteiger partial charge in [0.15, 0.2) is 0 Å². The van der Waals surface area contributed by atoms with E-state index in [1.807, 2.05) is 29.2 Å². The topological polar surface area (TPSA) is 116 Å². The molecule has 2 aromatic rings. The van der Waals surface area contributed by atoms with Crippen molar-refractivity contribution < 1.29 is 14.3 Å². The number of aromatic nitrogens is 2. The zero-order valence-electron chi connectivity index (χ0n) is 17.8. The van der Waals surface area contributed by atoms with E-state index < -0.39 is 5.91 Å². The molecule has 4 rings (SSSR count). The monoisotopic (exact) mass is 423 g/mol. The van der Waals surface area contributed by atoms with E-state index in [4.69, 9.17) is 21.3 Å². The molecule has 1 aromatic heterocycles. The van der Waals surface area contributed by atoms with Crippen LogP contribution in [0.25, 0.3) is 11.3 Å². The summed E-state index contributed by atoms with van der Waals surface area (Å²) in [5.41, 5.74) is 14.7. The van der Waals surface area contributed by atoms with E-state index in [0.29, 0.717) is 18.1 Å². The van der Waals surface area contributed by atoms with Gasteiger partial charge in [0, 0.05) is 25.8 Å². The van der Waals surface area contributed by atoms with Gasteiger partial charge in [0.05, 0.1) is 12.6 Å². The molecule has 0 atom stereocenters. The lowest BCUT2D eigenvalue weighted by molar-refractivity contribution is -0.132. The van der Waals surface area contributed by atoms with Gasteiger partial charge in [-0.3, -0.25) is 9.59 Å². The summed E-state index contributed by atoms with van der Waals surface area (Å²) >= 11 is 0. The number of ether oxygens (including phenoxy) is 1. The van der Waals surface area contributed by atoms with Gasteiger partial charge in [0.1, 0.15) is 17.1 Å². The van der Waals surface area contributed by atoms with E-state index in [1.165, 1.54) is 6.08 Å². The smallest absolute Gasteiger partial charge is 0.254 e. The molecule has 164 valence electrons. The van der Waals surface area contributed by atoms with Crippen molar-refractivity contribution in [3.63, 3.8) is 0 Å². The number of rotatable bonds is 6. The molecule has 0 radical (unpaired) electrons. The van der Waals surface area contributed by atoms with E-state index in [0.717, 1.165) is 49.9 Å². The summed E-state index contributed by atoms with van der Waals surface area (Å²) in [5.74, 6) is -0.302. The summed E-state index contributed by atoms with van der Waals surface area (Å²) < 4.78 is 6.90. The second kappa shape index (κ2) is 8.19. The fourth-order valence-corrected chi connectivity index (χ4v) is 5.07. The maximum Gasteiger partial charge on any atom is 0.254 e. The number of carbonyl (C=O) groups excluding carboxylic acids is 2. The third-order valence-electron chi connectivity index (χ3n) is 6.56. The first-order chi connectivity index (χ1) is 14.9. The Balaban J connectivity index is 1.58. The van der Waals surface area contributed by atoms with E-state index >= 15 is 0 Å². The number of methoxy groups -OCH3 is 1. The zero-order chi connectivity index (χ0) is 22.2. The van der Waals surface area contributed by atoms with Crippen molar-refractivity contribution in [3.05, 3.63) is 48.0 Å². The van der Waals surface area contributed by atoms with E-state index in [2.05, 4.69) is 6.58 Å². The number of nitrogen functional groups attached to an aromatic ring is 1. The number of carbonyl (C=O) groups is 2. The summed E-state index contributed by atoms with van der Waals surface area (Å²) in [6, 6.07) is 7.75. The van der Waals surface area contributed by atoms with Gasteiger partial charge < -0.3 is 21.1 Å². The Hall–Kier alpha value is -3.13. The van der Waals surface area contributed by atoms with Crippen LogP contribution in [-0.2, 0) is 16.1 Å². The first-order valence-electron chi connectivity index (χ1n) is 10.5. The van der Waals surface area contributed by atoms with Gasteiger partial charge >= 0.3 is 0 Å². The number of hydrogen-bond donors (Lipinski definition) is 2. The second-order valence-electron chi connectivity index (χ2n) is 8.68. The lowest BCUT2D eigenvalue weighted by Gasteiger charge is -2.52. The van der Waals surface area contributed by atoms with Crippen LogP contribution in [0, 0.1) is 5.41 Å². The maximum absolute atomic E-state index is 12.2. The van der Waals surface area contributed by atoms with Crippen LogP contribution in [0.3, 0.4) is 0 Å². The standard InChI is InChI=1S/C23H29N5O3/c1-3-18(29)27-10-4-9-23(14-27)11-17(12-23)28-21(24)19(22(25)30)20(26-28)16-7-5-15(6-8-16)13-31-2/h3,5-8,17H,1,4,9-14,24H2,2H3,(H2,25,30)/t17-,23+. The number of anilines is 1. The number of benzene rings is 1. The summed E-state index contributed by atoms with van der Waals surface area (Å²) in [6.45, 7) is 5.61. The highest BCUT2D eigenvalue weighted by Crippen LogP contribution is 2.54. The molecule has 1 saturated carbocycles. The van der Waals surface area contributed by atoms with Crippen molar-refractivity contribution >= 4 is 17.6 Å². The Labute approximate surface area is 181 Å². The Kier molecular flexibility index (Phi) is 5.58. The third-order valence-corrected chi connectivity index (χ3v) is 6.56. The van der Waals surface area contributed by atoms with Crippen molar-refractivity contribution in [1.29, 1.82) is 0 Å². The summed E-state index contributed by atoms with van der Waals surface area (Å²) in [7, 11) is 1.64. The average molecular weight is 424 g/mol. The van der Waals surface area contributed by atoms with E-state index in [-0.39, 0.29) is 22.9 Å². The molecule has 2 aliphatic rings. The fraction of sp³-hybridized carbons (Fsp3) is 0.435. The lowest BCUT2D eigenvalue weighted by atomic mass is 9.61. The molecule has 1 aliphatic carbocycles. The average Bonchev–Trinajstić information content (AvgIpc) is 3.09. The molecule has 1 aromatic carbocycles. The molecule has 8 nitrogen and oxygen atoms in total. The predicted octanol–water partition coefficient (Wildman–Crippen LogP) is 2.51. The highest BCUT2D eigenvalue weighted by Gasteiger charge is 2.49. The van der Waals surface area contributed by atoms with Crippen molar-refractivity contribution in [3.8, 4) is 11.3 Å². The van der Waals surface area contributed by atoms with Crippen LogP contribution in [0.5, 0.6) is 0 Å². The van der Waals surface area contributed by atoms with E-state index in [1.54, 1.807) is 11.8 Å². The Morgan fingerprint density at radius 1 is 1.32 bits per heavy atom. The largest absolute Gasteiger partial charge is 0.383 e. The molecule has 0 bridgehead atoms. The SMILES string of the molecule is C=CC(=O)N1CCC[C@]2(C1)C[C@@H](n1nc(-c3ccc(COC)cc3)c(C(N)=O)c1N)C2. The van der Waals surface area contributed by atoms with Gasteiger partial charge in [-0.15, -0.1) is 0 Å². The van der Waals surface area contributed by atoms with E-state index in [9.17, 15) is 9.59 Å². The van der Waals surface area contributed by atoms with Crippen LogP contribution < -0.4 is 11.5 Å². The van der Waals surface area contributed by atoms with Crippen molar-refractivity contribution in [2.24, 2.45) is 11.1 Å². The van der Waals surface area contributed by atoms with Gasteiger partial charge in [-0.1, -0.05) is 30.8 Å². The summed E-state index contributed by atoms with van der Waals surface area (Å²) in [6.07, 6.45) is 5.16. The highest BCUT2D eigenvalue weighted by molar-refractivity contribution is 6.03. The predicted molar refractivity (Wildman–Crippen MR) is 118 cm³/mol. The number of amides is 2. The Morgan fingerprint density at radius 2 is 2.03 bits per heavy atom. The van der Waals surface area contributed by atoms with Crippen LogP contribution in [0.1, 0.15) is 47.6 Å². The molecule has 1 saturated heterocycles. The highest BCUT2D eigenvalue weighted by atomic mass is 16.5. The third kappa shape index (κ3) is 3.83. The summed E-state index contributed by atoms with van der Waals surface area (Å²) in [4.78, 5) is 26.1. The van der Waals surface area contributed by atoms with Gasteiger partial charge in [0.2, 0.25) is 5.91 Å². The van der Waals surface area contributed by atoms with Crippen molar-refractivity contribution in [2.45, 2.75) is 38.3 Å². The minimum Gasteiger partial charge on any atom is -0.383 e. The van der Waals surface area contributed by atoms with Gasteiger partial charge in [0.25, 0.3) is 5.91 Å². The molecule has 2 fully saturated rings. The van der Waals surface area contributed by atoms with Crippen LogP contribution in [0.2, 0.25) is 0 Å². The number of primary amides is 1. The summed E-state index contributed by atoms with van der Waals surface area (Å²) in [5, 5.41) is 4.71. The zero-order valence-corrected chi connectivity index (χ0v) is 17.8. The molecule has 8 heteroatoms. The normalized spacial score (nSPS) is 22.9. The molecule has 0 unspecified atom stereocenters. The molecule has 4 N–H and O–H groups in total. The molecule has 2 amide bonds. The fourth-order valence-electron chi connectivity index (χ4n) is 5.07. The number of nitrogens with two attached hydrogens (primary N) is 2. The molecule has 31 heavy (non-hydrogen) atoms.